The lowest BCUT2D eigenvalue weighted by Gasteiger charge is -2.35. The number of amides is 2. The van der Waals surface area contributed by atoms with Crippen molar-refractivity contribution in [3.8, 4) is 0 Å². The molecule has 2 heterocycles. The van der Waals surface area contributed by atoms with Gasteiger partial charge in [0, 0.05) is 31.7 Å². The molecule has 1 fully saturated rings. The average molecular weight is 477 g/mol. The van der Waals surface area contributed by atoms with E-state index < -0.39 is 0 Å². The van der Waals surface area contributed by atoms with Gasteiger partial charge < -0.3 is 15.1 Å². The second-order valence-corrected chi connectivity index (χ2v) is 9.85. The van der Waals surface area contributed by atoms with Gasteiger partial charge >= 0.3 is 0 Å². The Kier molecular flexibility index (Phi) is 6.89. The summed E-state index contributed by atoms with van der Waals surface area (Å²) in [6, 6.07) is 18.6. The van der Waals surface area contributed by atoms with Crippen molar-refractivity contribution in [3.63, 3.8) is 0 Å². The number of pyridine rings is 1. The molecule has 0 saturated carbocycles. The third kappa shape index (κ3) is 5.39. The fourth-order valence-corrected chi connectivity index (χ4v) is 4.13. The molecule has 0 atom stereocenters. The number of nitrogens with zero attached hydrogens (tertiary/aromatic N) is 3. The summed E-state index contributed by atoms with van der Waals surface area (Å²) >= 11 is 6.18. The molecule has 2 aromatic carbocycles. The van der Waals surface area contributed by atoms with Crippen LogP contribution < -0.4 is 10.2 Å². The van der Waals surface area contributed by atoms with Gasteiger partial charge in [-0.1, -0.05) is 56.6 Å². The van der Waals surface area contributed by atoms with Crippen molar-refractivity contribution in [1.29, 1.82) is 0 Å². The first-order valence-corrected chi connectivity index (χ1v) is 11.8. The average Bonchev–Trinajstić information content (AvgIpc) is 2.84. The van der Waals surface area contributed by atoms with Crippen molar-refractivity contribution in [2.24, 2.45) is 0 Å². The van der Waals surface area contributed by atoms with E-state index in [1.54, 1.807) is 18.3 Å². The van der Waals surface area contributed by atoms with E-state index >= 15 is 0 Å². The van der Waals surface area contributed by atoms with E-state index in [9.17, 15) is 9.59 Å². The number of rotatable bonds is 4. The highest BCUT2D eigenvalue weighted by molar-refractivity contribution is 6.33. The zero-order chi connectivity index (χ0) is 24.3. The molecular formula is C27H29ClN4O2. The molecule has 1 saturated heterocycles. The number of hydrogen-bond acceptors (Lipinski definition) is 4. The summed E-state index contributed by atoms with van der Waals surface area (Å²) in [6.45, 7) is 8.97. The number of nitrogens with one attached hydrogen (secondary N) is 1. The molecule has 3 aromatic rings. The van der Waals surface area contributed by atoms with Gasteiger partial charge in [0.05, 0.1) is 22.5 Å². The van der Waals surface area contributed by atoms with E-state index in [1.165, 1.54) is 5.56 Å². The number of aromatic nitrogens is 1. The van der Waals surface area contributed by atoms with Crippen LogP contribution in [0, 0.1) is 0 Å². The lowest BCUT2D eigenvalue weighted by atomic mass is 9.87. The molecule has 0 aliphatic carbocycles. The molecule has 7 heteroatoms. The molecule has 4 rings (SSSR count). The molecule has 2 amide bonds. The molecule has 0 radical (unpaired) electrons. The first-order chi connectivity index (χ1) is 16.2. The van der Waals surface area contributed by atoms with E-state index in [0.29, 0.717) is 48.0 Å². The van der Waals surface area contributed by atoms with Gasteiger partial charge in [0.15, 0.2) is 0 Å². The lowest BCUT2D eigenvalue weighted by molar-refractivity contribution is 0.0746. The van der Waals surface area contributed by atoms with Gasteiger partial charge in [-0.05, 0) is 47.4 Å². The molecule has 1 N–H and O–H groups in total. The molecule has 176 valence electrons. The normalized spacial score (nSPS) is 14.1. The SMILES string of the molecule is CC(C)(C)c1ccc(C(=O)Nc2ccc(N3CCN(C(=O)c4ccccc4Cl)CC3)nc2)cc1. The van der Waals surface area contributed by atoms with E-state index in [2.05, 4.69) is 36.0 Å². The van der Waals surface area contributed by atoms with Crippen molar-refractivity contribution < 1.29 is 9.59 Å². The standard InChI is InChI=1S/C27H29ClN4O2/c1-27(2,3)20-10-8-19(9-11-20)25(33)30-21-12-13-24(29-18-21)31-14-16-32(17-15-31)26(34)22-6-4-5-7-23(22)28/h4-13,18H,14-17H2,1-3H3,(H,30,33). The Morgan fingerprint density at radius 2 is 1.59 bits per heavy atom. The number of carbonyl (C=O) groups is 2. The monoisotopic (exact) mass is 476 g/mol. The smallest absolute Gasteiger partial charge is 0.255 e. The Labute approximate surface area is 205 Å². The number of hydrogen-bond donors (Lipinski definition) is 1. The van der Waals surface area contributed by atoms with Crippen LogP contribution in [0.15, 0.2) is 66.9 Å². The number of carbonyl (C=O) groups excluding carboxylic acids is 2. The maximum atomic E-state index is 12.8. The third-order valence-corrected chi connectivity index (χ3v) is 6.34. The Hall–Kier alpha value is -3.38. The van der Waals surface area contributed by atoms with Gasteiger partial charge in [-0.15, -0.1) is 0 Å². The van der Waals surface area contributed by atoms with Gasteiger partial charge in [-0.3, -0.25) is 9.59 Å². The maximum absolute atomic E-state index is 12.8. The Morgan fingerprint density at radius 3 is 2.18 bits per heavy atom. The van der Waals surface area contributed by atoms with Crippen LogP contribution in [0.2, 0.25) is 5.02 Å². The highest BCUT2D eigenvalue weighted by atomic mass is 35.5. The molecule has 6 nitrogen and oxygen atoms in total. The van der Waals surface area contributed by atoms with E-state index in [4.69, 9.17) is 11.6 Å². The molecule has 1 aliphatic rings. The Bertz CT molecular complexity index is 1160. The predicted molar refractivity (Wildman–Crippen MR) is 137 cm³/mol. The van der Waals surface area contributed by atoms with E-state index in [-0.39, 0.29) is 17.2 Å². The fraction of sp³-hybridized carbons (Fsp3) is 0.296. The number of anilines is 2. The minimum atomic E-state index is -0.165. The summed E-state index contributed by atoms with van der Waals surface area (Å²) in [5.74, 6) is 0.603. The zero-order valence-corrected chi connectivity index (χ0v) is 20.5. The number of benzene rings is 2. The van der Waals surface area contributed by atoms with Crippen molar-refractivity contribution in [1.82, 2.24) is 9.88 Å². The van der Waals surface area contributed by atoms with Crippen LogP contribution in [0.4, 0.5) is 11.5 Å². The third-order valence-electron chi connectivity index (χ3n) is 6.01. The number of piperazine rings is 1. The van der Waals surface area contributed by atoms with Gasteiger partial charge in [0.1, 0.15) is 5.82 Å². The van der Waals surface area contributed by atoms with Gasteiger partial charge in [-0.2, -0.15) is 0 Å². The zero-order valence-electron chi connectivity index (χ0n) is 19.7. The molecule has 0 unspecified atom stereocenters. The Balaban J connectivity index is 1.33. The van der Waals surface area contributed by atoms with Gasteiger partial charge in [0.2, 0.25) is 0 Å². The highest BCUT2D eigenvalue weighted by Crippen LogP contribution is 2.23. The second-order valence-electron chi connectivity index (χ2n) is 9.45. The molecule has 34 heavy (non-hydrogen) atoms. The first kappa shape index (κ1) is 23.8. The molecule has 1 aromatic heterocycles. The van der Waals surface area contributed by atoms with E-state index in [0.717, 1.165) is 5.82 Å². The quantitative estimate of drug-likeness (QED) is 0.558. The van der Waals surface area contributed by atoms with Crippen molar-refractivity contribution in [3.05, 3.63) is 88.6 Å². The summed E-state index contributed by atoms with van der Waals surface area (Å²) in [6.07, 6.45) is 1.66. The summed E-state index contributed by atoms with van der Waals surface area (Å²) in [7, 11) is 0. The number of halogens is 1. The van der Waals surface area contributed by atoms with Crippen LogP contribution in [-0.4, -0.2) is 47.9 Å². The van der Waals surface area contributed by atoms with E-state index in [1.807, 2.05) is 53.4 Å². The first-order valence-electron chi connectivity index (χ1n) is 11.4. The highest BCUT2D eigenvalue weighted by Gasteiger charge is 2.24. The van der Waals surface area contributed by atoms with Crippen LogP contribution in [0.25, 0.3) is 0 Å². The summed E-state index contributed by atoms with van der Waals surface area (Å²) < 4.78 is 0. The van der Waals surface area contributed by atoms with Crippen molar-refractivity contribution >= 4 is 34.9 Å². The summed E-state index contributed by atoms with van der Waals surface area (Å²) in [5, 5.41) is 3.38. The van der Waals surface area contributed by atoms with Crippen LogP contribution in [-0.2, 0) is 5.41 Å². The fourth-order valence-electron chi connectivity index (χ4n) is 3.92. The van der Waals surface area contributed by atoms with Crippen molar-refractivity contribution in [2.45, 2.75) is 26.2 Å². The summed E-state index contributed by atoms with van der Waals surface area (Å²) in [4.78, 5) is 33.8. The van der Waals surface area contributed by atoms with Crippen LogP contribution in [0.5, 0.6) is 0 Å². The lowest BCUT2D eigenvalue weighted by Crippen LogP contribution is -2.49. The Morgan fingerprint density at radius 1 is 0.912 bits per heavy atom. The van der Waals surface area contributed by atoms with Crippen LogP contribution in [0.1, 0.15) is 47.1 Å². The summed E-state index contributed by atoms with van der Waals surface area (Å²) in [5.41, 5.74) is 3.01. The second kappa shape index (κ2) is 9.85. The minimum absolute atomic E-state index is 0.0438. The van der Waals surface area contributed by atoms with Crippen LogP contribution in [0.3, 0.4) is 0 Å². The molecule has 0 spiro atoms. The molecule has 0 bridgehead atoms. The van der Waals surface area contributed by atoms with Crippen LogP contribution >= 0.6 is 11.6 Å². The molecular weight excluding hydrogens is 448 g/mol. The largest absolute Gasteiger partial charge is 0.353 e. The minimum Gasteiger partial charge on any atom is -0.353 e. The topological polar surface area (TPSA) is 65.5 Å². The maximum Gasteiger partial charge on any atom is 0.255 e. The molecule has 1 aliphatic heterocycles. The van der Waals surface area contributed by atoms with Gasteiger partial charge in [0.25, 0.3) is 11.8 Å². The van der Waals surface area contributed by atoms with Crippen molar-refractivity contribution in [2.75, 3.05) is 36.4 Å². The predicted octanol–water partition coefficient (Wildman–Crippen LogP) is 5.25. The van der Waals surface area contributed by atoms with Gasteiger partial charge in [-0.25, -0.2) is 4.98 Å².